The summed E-state index contributed by atoms with van der Waals surface area (Å²) in [6.45, 7) is 5.38. The molecular formula is C7H13NO2. The van der Waals surface area contributed by atoms with E-state index < -0.39 is 5.97 Å². The first-order valence-corrected chi connectivity index (χ1v) is 3.47. The van der Waals surface area contributed by atoms with E-state index in [-0.39, 0.29) is 11.3 Å². The predicted molar refractivity (Wildman–Crippen MR) is 37.8 cm³/mol. The molecule has 1 aliphatic rings. The number of carboxylic acids is 1. The molecule has 0 aromatic heterocycles. The van der Waals surface area contributed by atoms with E-state index in [0.717, 1.165) is 6.54 Å². The molecule has 0 aliphatic carbocycles. The summed E-state index contributed by atoms with van der Waals surface area (Å²) in [5.74, 6) is -0.900. The van der Waals surface area contributed by atoms with Crippen molar-refractivity contribution in [3.8, 4) is 0 Å². The molecule has 1 heterocycles. The Kier molecular flexibility index (Phi) is 1.68. The molecule has 0 bridgehead atoms. The Morgan fingerprint density at radius 3 is 2.50 bits per heavy atom. The van der Waals surface area contributed by atoms with E-state index in [1.165, 1.54) is 0 Å². The lowest BCUT2D eigenvalue weighted by Gasteiger charge is -2.21. The van der Waals surface area contributed by atoms with Gasteiger partial charge in [0.1, 0.15) is 0 Å². The van der Waals surface area contributed by atoms with Crippen LogP contribution in [0.25, 0.3) is 0 Å². The van der Waals surface area contributed by atoms with Gasteiger partial charge in [-0.1, -0.05) is 13.8 Å². The zero-order valence-electron chi connectivity index (χ0n) is 6.35. The van der Waals surface area contributed by atoms with E-state index in [4.69, 9.17) is 5.11 Å². The van der Waals surface area contributed by atoms with Gasteiger partial charge in [0, 0.05) is 13.1 Å². The van der Waals surface area contributed by atoms with Gasteiger partial charge in [-0.25, -0.2) is 0 Å². The van der Waals surface area contributed by atoms with Crippen LogP contribution in [0.4, 0.5) is 0 Å². The molecule has 1 aliphatic heterocycles. The number of carboxylic acid groups (broad SMARTS) is 1. The highest BCUT2D eigenvalue weighted by molar-refractivity contribution is 5.71. The molecule has 1 atom stereocenters. The van der Waals surface area contributed by atoms with Crippen LogP contribution in [0.2, 0.25) is 0 Å². The van der Waals surface area contributed by atoms with Gasteiger partial charge in [-0.05, 0) is 5.41 Å². The topological polar surface area (TPSA) is 49.3 Å². The van der Waals surface area contributed by atoms with E-state index in [0.29, 0.717) is 6.54 Å². The molecule has 3 nitrogen and oxygen atoms in total. The van der Waals surface area contributed by atoms with Crippen LogP contribution in [0.15, 0.2) is 0 Å². The second-order valence-corrected chi connectivity index (χ2v) is 3.51. The van der Waals surface area contributed by atoms with Crippen LogP contribution in [-0.4, -0.2) is 24.2 Å². The molecular weight excluding hydrogens is 130 g/mol. The summed E-state index contributed by atoms with van der Waals surface area (Å²) in [5.41, 5.74) is -0.0775. The van der Waals surface area contributed by atoms with Crippen LogP contribution in [0.5, 0.6) is 0 Å². The molecule has 0 aromatic carbocycles. The van der Waals surface area contributed by atoms with Crippen LogP contribution in [0.3, 0.4) is 0 Å². The van der Waals surface area contributed by atoms with Crippen molar-refractivity contribution in [2.24, 2.45) is 11.3 Å². The van der Waals surface area contributed by atoms with E-state index in [9.17, 15) is 4.79 Å². The molecule has 0 spiro atoms. The van der Waals surface area contributed by atoms with Crippen LogP contribution >= 0.6 is 0 Å². The lowest BCUT2D eigenvalue weighted by Crippen LogP contribution is -2.28. The molecule has 0 saturated carbocycles. The average Bonchev–Trinajstić information content (AvgIpc) is 2.08. The summed E-state index contributed by atoms with van der Waals surface area (Å²) < 4.78 is 0. The van der Waals surface area contributed by atoms with Crippen molar-refractivity contribution in [3.63, 3.8) is 0 Å². The van der Waals surface area contributed by atoms with Gasteiger partial charge in [-0.3, -0.25) is 4.79 Å². The SMILES string of the molecule is CC1(C)CNC[C@H]1C(=O)O. The minimum atomic E-state index is -0.685. The fourth-order valence-electron chi connectivity index (χ4n) is 1.36. The predicted octanol–water partition coefficient (Wildman–Crippen LogP) is 0.317. The highest BCUT2D eigenvalue weighted by Crippen LogP contribution is 2.29. The third-order valence-electron chi connectivity index (χ3n) is 2.17. The molecule has 2 N–H and O–H groups in total. The second kappa shape index (κ2) is 2.23. The van der Waals surface area contributed by atoms with Crippen LogP contribution < -0.4 is 5.32 Å². The molecule has 0 unspecified atom stereocenters. The lowest BCUT2D eigenvalue weighted by atomic mass is 9.82. The minimum Gasteiger partial charge on any atom is -0.481 e. The van der Waals surface area contributed by atoms with E-state index in [1.807, 2.05) is 13.8 Å². The quantitative estimate of drug-likeness (QED) is 0.555. The second-order valence-electron chi connectivity index (χ2n) is 3.51. The van der Waals surface area contributed by atoms with Gasteiger partial charge in [-0.15, -0.1) is 0 Å². The Morgan fingerprint density at radius 2 is 2.30 bits per heavy atom. The third-order valence-corrected chi connectivity index (χ3v) is 2.17. The summed E-state index contributed by atoms with van der Waals surface area (Å²) >= 11 is 0. The third kappa shape index (κ3) is 1.14. The molecule has 0 amide bonds. The molecule has 1 fully saturated rings. The van der Waals surface area contributed by atoms with Crippen molar-refractivity contribution < 1.29 is 9.90 Å². The van der Waals surface area contributed by atoms with Gasteiger partial charge in [-0.2, -0.15) is 0 Å². The van der Waals surface area contributed by atoms with E-state index >= 15 is 0 Å². The Balaban J connectivity index is 2.68. The zero-order valence-corrected chi connectivity index (χ0v) is 6.35. The minimum absolute atomic E-state index is 0.0775. The first-order chi connectivity index (χ1) is 4.54. The normalized spacial score (nSPS) is 30.4. The Hall–Kier alpha value is -0.570. The van der Waals surface area contributed by atoms with Gasteiger partial charge in [0.25, 0.3) is 0 Å². The monoisotopic (exact) mass is 143 g/mol. The van der Waals surface area contributed by atoms with Gasteiger partial charge < -0.3 is 10.4 Å². The zero-order chi connectivity index (χ0) is 7.78. The largest absolute Gasteiger partial charge is 0.481 e. The van der Waals surface area contributed by atoms with Crippen molar-refractivity contribution in [3.05, 3.63) is 0 Å². The summed E-state index contributed by atoms with van der Waals surface area (Å²) in [6, 6.07) is 0. The molecule has 10 heavy (non-hydrogen) atoms. The van der Waals surface area contributed by atoms with Crippen molar-refractivity contribution in [1.29, 1.82) is 0 Å². The number of hydrogen-bond donors (Lipinski definition) is 2. The maximum atomic E-state index is 10.6. The van der Waals surface area contributed by atoms with Crippen molar-refractivity contribution >= 4 is 5.97 Å². The summed E-state index contributed by atoms with van der Waals surface area (Å²) in [6.07, 6.45) is 0. The number of carbonyl (C=O) groups is 1. The average molecular weight is 143 g/mol. The van der Waals surface area contributed by atoms with Crippen LogP contribution in [-0.2, 0) is 4.79 Å². The fourth-order valence-corrected chi connectivity index (χ4v) is 1.36. The first-order valence-electron chi connectivity index (χ1n) is 3.47. The molecule has 0 aromatic rings. The van der Waals surface area contributed by atoms with Gasteiger partial charge in [0.15, 0.2) is 0 Å². The first kappa shape index (κ1) is 7.54. The number of rotatable bonds is 1. The maximum Gasteiger partial charge on any atom is 0.308 e. The molecule has 58 valence electrons. The Labute approximate surface area is 60.4 Å². The van der Waals surface area contributed by atoms with Crippen LogP contribution in [0.1, 0.15) is 13.8 Å². The van der Waals surface area contributed by atoms with Crippen molar-refractivity contribution in [1.82, 2.24) is 5.32 Å². The molecule has 0 radical (unpaired) electrons. The maximum absolute atomic E-state index is 10.6. The molecule has 1 rings (SSSR count). The van der Waals surface area contributed by atoms with Gasteiger partial charge in [0.05, 0.1) is 5.92 Å². The summed E-state index contributed by atoms with van der Waals surface area (Å²) in [5, 5.41) is 11.8. The standard InChI is InChI=1S/C7H13NO2/c1-7(2)4-8-3-5(7)6(9)10/h5,8H,3-4H2,1-2H3,(H,9,10)/t5-/m0/s1. The van der Waals surface area contributed by atoms with Gasteiger partial charge >= 0.3 is 5.97 Å². The molecule has 1 saturated heterocycles. The fraction of sp³-hybridized carbons (Fsp3) is 0.857. The summed E-state index contributed by atoms with van der Waals surface area (Å²) in [7, 11) is 0. The number of nitrogens with one attached hydrogen (secondary N) is 1. The highest BCUT2D eigenvalue weighted by atomic mass is 16.4. The van der Waals surface area contributed by atoms with E-state index in [2.05, 4.69) is 5.32 Å². The van der Waals surface area contributed by atoms with Crippen molar-refractivity contribution in [2.45, 2.75) is 13.8 Å². The Bertz CT molecular complexity index is 154. The molecule has 3 heteroatoms. The lowest BCUT2D eigenvalue weighted by molar-refractivity contribution is -0.143. The number of aliphatic carboxylic acids is 1. The summed E-state index contributed by atoms with van der Waals surface area (Å²) in [4.78, 5) is 10.6. The van der Waals surface area contributed by atoms with Crippen molar-refractivity contribution in [2.75, 3.05) is 13.1 Å². The smallest absolute Gasteiger partial charge is 0.308 e. The highest BCUT2D eigenvalue weighted by Gasteiger charge is 2.39. The Morgan fingerprint density at radius 1 is 1.70 bits per heavy atom. The van der Waals surface area contributed by atoms with Crippen LogP contribution in [0, 0.1) is 11.3 Å². The number of hydrogen-bond acceptors (Lipinski definition) is 2. The van der Waals surface area contributed by atoms with E-state index in [1.54, 1.807) is 0 Å². The van der Waals surface area contributed by atoms with Gasteiger partial charge in [0.2, 0.25) is 0 Å².